The summed E-state index contributed by atoms with van der Waals surface area (Å²) in [6.07, 6.45) is 2.87. The van der Waals surface area contributed by atoms with E-state index in [-0.39, 0.29) is 35.8 Å². The fraction of sp³-hybridized carbons (Fsp3) is 0.667. The average Bonchev–Trinajstić information content (AvgIpc) is 3.60. The van der Waals surface area contributed by atoms with Crippen LogP contribution in [0.1, 0.15) is 50.4 Å². The van der Waals surface area contributed by atoms with Crippen LogP contribution in [-0.4, -0.2) is 74.2 Å². The highest BCUT2D eigenvalue weighted by Crippen LogP contribution is 2.31. The average molecular weight is 432 g/mol. The van der Waals surface area contributed by atoms with Crippen molar-refractivity contribution in [3.63, 3.8) is 0 Å². The van der Waals surface area contributed by atoms with Crippen molar-refractivity contribution in [3.8, 4) is 5.75 Å². The number of carbonyl (C=O) groups is 2. The normalized spacial score (nSPS) is 25.8. The van der Waals surface area contributed by atoms with Crippen LogP contribution in [0.25, 0.3) is 0 Å². The molecule has 172 valence electrons. The second kappa shape index (κ2) is 10.5. The van der Waals surface area contributed by atoms with E-state index in [1.54, 1.807) is 31.2 Å². The Balaban J connectivity index is 1.90. The van der Waals surface area contributed by atoms with Gasteiger partial charge in [0.2, 0.25) is 5.91 Å². The number of rotatable bonds is 5. The third-order valence-corrected chi connectivity index (χ3v) is 6.30. The number of carbonyl (C=O) groups excluding carboxylic acids is 2. The minimum atomic E-state index is -0.134. The molecular weight excluding hydrogens is 394 g/mol. The van der Waals surface area contributed by atoms with Crippen LogP contribution in [-0.2, 0) is 9.53 Å². The number of anilines is 1. The maximum Gasteiger partial charge on any atom is 0.257 e. The molecule has 1 aliphatic carbocycles. The maximum atomic E-state index is 13.3. The van der Waals surface area contributed by atoms with Crippen LogP contribution in [0.3, 0.4) is 0 Å². The molecule has 3 atom stereocenters. The number of amides is 2. The highest BCUT2D eigenvalue weighted by Gasteiger charge is 2.31. The molecular formula is C24H37N3O4. The number of methoxy groups -OCH3 is 1. The fourth-order valence-electron chi connectivity index (χ4n) is 4.12. The molecule has 1 aliphatic heterocycles. The lowest BCUT2D eigenvalue weighted by Crippen LogP contribution is -2.46. The topological polar surface area (TPSA) is 71.1 Å². The molecule has 31 heavy (non-hydrogen) atoms. The van der Waals surface area contributed by atoms with Crippen LogP contribution in [0.4, 0.5) is 5.69 Å². The summed E-state index contributed by atoms with van der Waals surface area (Å²) in [6, 6.07) is 5.55. The van der Waals surface area contributed by atoms with E-state index in [1.807, 2.05) is 6.07 Å². The summed E-state index contributed by atoms with van der Waals surface area (Å²) in [6.45, 7) is 9.37. The van der Waals surface area contributed by atoms with Crippen molar-refractivity contribution < 1.29 is 19.1 Å². The Morgan fingerprint density at radius 3 is 2.65 bits per heavy atom. The van der Waals surface area contributed by atoms with Gasteiger partial charge in [-0.3, -0.25) is 14.5 Å². The SMILES string of the molecule is CCCN1C[C@@H](C)[C@@H](OC)CN(C)C(=O)c2cc(NC(=O)C3CC3)ccc2OC[C@H]1C. The van der Waals surface area contributed by atoms with E-state index in [0.29, 0.717) is 30.2 Å². The zero-order chi connectivity index (χ0) is 22.5. The van der Waals surface area contributed by atoms with Gasteiger partial charge in [-0.1, -0.05) is 13.8 Å². The first kappa shape index (κ1) is 23.5. The zero-order valence-corrected chi connectivity index (χ0v) is 19.5. The lowest BCUT2D eigenvalue weighted by atomic mass is 10.0. The molecule has 7 nitrogen and oxygen atoms in total. The standard InChI is InChI=1S/C24H37N3O4/c1-6-11-27-13-16(2)22(30-5)14-26(4)24(29)20-12-19(25-23(28)18-7-8-18)9-10-21(20)31-15-17(27)3/h9-10,12,16-18,22H,6-8,11,13-15H2,1-5H3,(H,25,28)/t16-,17-,22+/m1/s1. The van der Waals surface area contributed by atoms with Gasteiger partial charge in [0.25, 0.3) is 5.91 Å². The van der Waals surface area contributed by atoms with Crippen molar-refractivity contribution in [2.45, 2.75) is 52.2 Å². The molecule has 0 unspecified atom stereocenters. The van der Waals surface area contributed by atoms with Gasteiger partial charge >= 0.3 is 0 Å². The molecule has 7 heteroatoms. The zero-order valence-electron chi connectivity index (χ0n) is 19.5. The number of benzene rings is 1. The van der Waals surface area contributed by atoms with E-state index in [2.05, 4.69) is 31.0 Å². The van der Waals surface area contributed by atoms with Crippen LogP contribution in [0.5, 0.6) is 5.75 Å². The van der Waals surface area contributed by atoms with Gasteiger partial charge in [0.1, 0.15) is 12.4 Å². The summed E-state index contributed by atoms with van der Waals surface area (Å²) in [5.41, 5.74) is 1.10. The van der Waals surface area contributed by atoms with Crippen molar-refractivity contribution in [2.75, 3.05) is 45.7 Å². The summed E-state index contributed by atoms with van der Waals surface area (Å²) in [5.74, 6) is 0.798. The number of nitrogens with zero attached hydrogens (tertiary/aromatic N) is 2. The van der Waals surface area contributed by atoms with Crippen LogP contribution in [0, 0.1) is 11.8 Å². The third-order valence-electron chi connectivity index (χ3n) is 6.30. The van der Waals surface area contributed by atoms with Crippen LogP contribution in [0.15, 0.2) is 18.2 Å². The molecule has 2 aliphatic rings. The Morgan fingerprint density at radius 2 is 2.00 bits per heavy atom. The smallest absolute Gasteiger partial charge is 0.257 e. The Bertz CT molecular complexity index is 780. The lowest BCUT2D eigenvalue weighted by molar-refractivity contribution is -0.117. The number of nitrogens with one attached hydrogen (secondary N) is 1. The Hall–Kier alpha value is -2.12. The van der Waals surface area contributed by atoms with Crippen LogP contribution in [0.2, 0.25) is 0 Å². The van der Waals surface area contributed by atoms with E-state index in [4.69, 9.17) is 9.47 Å². The van der Waals surface area contributed by atoms with Crippen LogP contribution < -0.4 is 10.1 Å². The van der Waals surface area contributed by atoms with Gasteiger partial charge in [0, 0.05) is 44.9 Å². The first-order valence-corrected chi connectivity index (χ1v) is 11.4. The molecule has 1 heterocycles. The van der Waals surface area contributed by atoms with Gasteiger partial charge < -0.3 is 19.7 Å². The third kappa shape index (κ3) is 5.98. The van der Waals surface area contributed by atoms with Crippen molar-refractivity contribution in [3.05, 3.63) is 23.8 Å². The van der Waals surface area contributed by atoms with Gasteiger partial charge in [0.15, 0.2) is 0 Å². The predicted molar refractivity (Wildman–Crippen MR) is 122 cm³/mol. The molecule has 1 fully saturated rings. The number of ether oxygens (including phenoxy) is 2. The molecule has 0 aromatic heterocycles. The molecule has 1 aromatic rings. The Labute approximate surface area is 186 Å². The molecule has 2 amide bonds. The number of hydrogen-bond donors (Lipinski definition) is 1. The largest absolute Gasteiger partial charge is 0.491 e. The summed E-state index contributed by atoms with van der Waals surface area (Å²) >= 11 is 0. The van der Waals surface area contributed by atoms with Gasteiger partial charge in [-0.25, -0.2) is 0 Å². The summed E-state index contributed by atoms with van der Waals surface area (Å²) in [4.78, 5) is 29.6. The summed E-state index contributed by atoms with van der Waals surface area (Å²) in [5, 5.41) is 2.94. The molecule has 3 rings (SSSR count). The predicted octanol–water partition coefficient (Wildman–Crippen LogP) is 3.25. The van der Waals surface area contributed by atoms with Gasteiger partial charge in [-0.2, -0.15) is 0 Å². The Morgan fingerprint density at radius 1 is 1.26 bits per heavy atom. The van der Waals surface area contributed by atoms with E-state index in [9.17, 15) is 9.59 Å². The minimum absolute atomic E-state index is 0.0203. The van der Waals surface area contributed by atoms with Gasteiger partial charge in [0.05, 0.1) is 11.7 Å². The summed E-state index contributed by atoms with van der Waals surface area (Å²) < 4.78 is 11.9. The molecule has 0 radical (unpaired) electrons. The van der Waals surface area contributed by atoms with Crippen molar-refractivity contribution >= 4 is 17.5 Å². The Kier molecular flexibility index (Phi) is 7.94. The molecule has 1 N–H and O–H groups in total. The van der Waals surface area contributed by atoms with Gasteiger partial charge in [-0.15, -0.1) is 0 Å². The second-order valence-corrected chi connectivity index (χ2v) is 9.07. The lowest BCUT2D eigenvalue weighted by Gasteiger charge is -2.35. The quantitative estimate of drug-likeness (QED) is 0.775. The number of hydrogen-bond acceptors (Lipinski definition) is 5. The maximum absolute atomic E-state index is 13.3. The van der Waals surface area contributed by atoms with Gasteiger partial charge in [-0.05, 0) is 56.8 Å². The monoisotopic (exact) mass is 431 g/mol. The minimum Gasteiger partial charge on any atom is -0.491 e. The second-order valence-electron chi connectivity index (χ2n) is 9.07. The summed E-state index contributed by atoms with van der Waals surface area (Å²) in [7, 11) is 3.50. The van der Waals surface area contributed by atoms with E-state index < -0.39 is 0 Å². The number of fused-ring (bicyclic) bond motifs is 1. The van der Waals surface area contributed by atoms with Crippen LogP contribution >= 0.6 is 0 Å². The highest BCUT2D eigenvalue weighted by molar-refractivity contribution is 6.00. The molecule has 1 aromatic carbocycles. The molecule has 0 bridgehead atoms. The van der Waals surface area contributed by atoms with Crippen molar-refractivity contribution in [1.82, 2.24) is 9.80 Å². The molecule has 0 spiro atoms. The first-order valence-electron chi connectivity index (χ1n) is 11.4. The van der Waals surface area contributed by atoms with E-state index in [0.717, 1.165) is 32.4 Å². The molecule has 1 saturated carbocycles. The van der Waals surface area contributed by atoms with Crippen molar-refractivity contribution in [1.29, 1.82) is 0 Å². The molecule has 0 saturated heterocycles. The number of likely N-dealkylation sites (N-methyl/N-ethyl adjacent to an activating group) is 1. The van der Waals surface area contributed by atoms with E-state index in [1.165, 1.54) is 0 Å². The first-order chi connectivity index (χ1) is 14.8. The highest BCUT2D eigenvalue weighted by atomic mass is 16.5. The fourth-order valence-corrected chi connectivity index (χ4v) is 4.12. The van der Waals surface area contributed by atoms with Crippen molar-refractivity contribution in [2.24, 2.45) is 11.8 Å². The van der Waals surface area contributed by atoms with E-state index >= 15 is 0 Å².